The molecule has 0 saturated heterocycles. The fourth-order valence-corrected chi connectivity index (χ4v) is 4.10. The zero-order valence-corrected chi connectivity index (χ0v) is 20.3. The number of hydrogen-bond donors (Lipinski definition) is 2. The lowest BCUT2D eigenvalue weighted by molar-refractivity contribution is -0.113. The molecule has 0 aliphatic carbocycles. The number of thioether (sulfide) groups is 1. The van der Waals surface area contributed by atoms with E-state index in [0.717, 1.165) is 5.56 Å². The predicted octanol–water partition coefficient (Wildman–Crippen LogP) is 4.77. The summed E-state index contributed by atoms with van der Waals surface area (Å²) in [6.45, 7) is 5.72. The Labute approximate surface area is 201 Å². The van der Waals surface area contributed by atoms with Crippen LogP contribution in [0.2, 0.25) is 5.02 Å². The van der Waals surface area contributed by atoms with E-state index in [9.17, 15) is 14.0 Å². The third-order valence-corrected chi connectivity index (χ3v) is 6.37. The number of carbonyl (C=O) groups is 2. The molecule has 2 amide bonds. The number of aryl methyl sites for hydroxylation is 1. The van der Waals surface area contributed by atoms with Crippen LogP contribution in [-0.2, 0) is 11.8 Å². The summed E-state index contributed by atoms with van der Waals surface area (Å²) < 4.78 is 15.2. The highest BCUT2D eigenvalue weighted by Crippen LogP contribution is 2.25. The van der Waals surface area contributed by atoms with Gasteiger partial charge in [0.1, 0.15) is 5.82 Å². The van der Waals surface area contributed by atoms with Gasteiger partial charge in [-0.15, -0.1) is 10.2 Å². The average molecular weight is 490 g/mol. The Morgan fingerprint density at radius 1 is 1.18 bits per heavy atom. The first kappa shape index (κ1) is 24.7. The van der Waals surface area contributed by atoms with Crippen LogP contribution in [0.1, 0.15) is 41.6 Å². The first-order valence-corrected chi connectivity index (χ1v) is 11.7. The first-order chi connectivity index (χ1) is 15.7. The van der Waals surface area contributed by atoms with Gasteiger partial charge in [0.05, 0.1) is 22.4 Å². The van der Waals surface area contributed by atoms with Gasteiger partial charge in [-0.05, 0) is 42.7 Å². The molecular formula is C23H25ClFN5O2S. The fraction of sp³-hybridized carbons (Fsp3) is 0.304. The second-order valence-corrected chi connectivity index (χ2v) is 9.22. The van der Waals surface area contributed by atoms with Crippen LogP contribution < -0.4 is 10.6 Å². The Bertz CT molecular complexity index is 1170. The molecule has 7 nitrogen and oxygen atoms in total. The van der Waals surface area contributed by atoms with Gasteiger partial charge in [0.25, 0.3) is 5.91 Å². The summed E-state index contributed by atoms with van der Waals surface area (Å²) >= 11 is 7.36. The smallest absolute Gasteiger partial charge is 0.253 e. The Morgan fingerprint density at radius 2 is 1.91 bits per heavy atom. The second-order valence-electron chi connectivity index (χ2n) is 7.87. The van der Waals surface area contributed by atoms with Crippen molar-refractivity contribution in [3.8, 4) is 0 Å². The van der Waals surface area contributed by atoms with Gasteiger partial charge < -0.3 is 15.2 Å². The highest BCUT2D eigenvalue weighted by atomic mass is 35.5. The third kappa shape index (κ3) is 6.11. The average Bonchev–Trinajstić information content (AvgIpc) is 3.13. The van der Waals surface area contributed by atoms with E-state index in [4.69, 9.17) is 11.6 Å². The summed E-state index contributed by atoms with van der Waals surface area (Å²) in [4.78, 5) is 25.1. The molecule has 0 unspecified atom stereocenters. The van der Waals surface area contributed by atoms with E-state index in [1.807, 2.05) is 13.8 Å². The van der Waals surface area contributed by atoms with Crippen molar-refractivity contribution in [2.75, 3.05) is 11.1 Å². The third-order valence-electron chi connectivity index (χ3n) is 5.02. The predicted molar refractivity (Wildman–Crippen MR) is 128 cm³/mol. The van der Waals surface area contributed by atoms with Crippen molar-refractivity contribution in [3.63, 3.8) is 0 Å². The minimum atomic E-state index is -0.417. The summed E-state index contributed by atoms with van der Waals surface area (Å²) in [6, 6.07) is 10.7. The summed E-state index contributed by atoms with van der Waals surface area (Å²) in [7, 11) is 1.78. The van der Waals surface area contributed by atoms with Crippen molar-refractivity contribution in [1.82, 2.24) is 20.1 Å². The van der Waals surface area contributed by atoms with E-state index >= 15 is 0 Å². The molecule has 10 heteroatoms. The Balaban J connectivity index is 1.69. The van der Waals surface area contributed by atoms with E-state index in [-0.39, 0.29) is 23.5 Å². The number of nitrogens with zero attached hydrogens (tertiary/aromatic N) is 3. The Hall–Kier alpha value is -2.91. The first-order valence-electron chi connectivity index (χ1n) is 10.3. The number of halogens is 2. The number of anilines is 1. The minimum absolute atomic E-state index is 0.0245. The van der Waals surface area contributed by atoms with Crippen LogP contribution in [-0.4, -0.2) is 32.3 Å². The largest absolute Gasteiger partial charge is 0.342 e. The molecule has 2 aromatic carbocycles. The number of nitrogens with one attached hydrogen (secondary N) is 2. The molecule has 0 radical (unpaired) electrons. The molecule has 174 valence electrons. The van der Waals surface area contributed by atoms with Crippen molar-refractivity contribution in [2.24, 2.45) is 13.0 Å². The number of amides is 2. The molecule has 3 aromatic rings. The number of hydrogen-bond acceptors (Lipinski definition) is 5. The van der Waals surface area contributed by atoms with Gasteiger partial charge in [0.2, 0.25) is 5.91 Å². The molecule has 0 saturated carbocycles. The Kier molecular flexibility index (Phi) is 8.10. The topological polar surface area (TPSA) is 88.9 Å². The lowest BCUT2D eigenvalue weighted by atomic mass is 10.0. The molecule has 3 rings (SSSR count). The van der Waals surface area contributed by atoms with Crippen molar-refractivity contribution < 1.29 is 14.0 Å². The second kappa shape index (κ2) is 10.8. The van der Waals surface area contributed by atoms with Crippen LogP contribution in [0, 0.1) is 18.7 Å². The van der Waals surface area contributed by atoms with Gasteiger partial charge in [0.15, 0.2) is 11.0 Å². The van der Waals surface area contributed by atoms with Crippen molar-refractivity contribution >= 4 is 40.9 Å². The van der Waals surface area contributed by atoms with Gasteiger partial charge in [-0.25, -0.2) is 4.39 Å². The molecule has 0 bridgehead atoms. The molecule has 0 aliphatic heterocycles. The highest BCUT2D eigenvalue weighted by Gasteiger charge is 2.26. The van der Waals surface area contributed by atoms with Gasteiger partial charge in [-0.3, -0.25) is 9.59 Å². The fourth-order valence-electron chi connectivity index (χ4n) is 3.16. The van der Waals surface area contributed by atoms with E-state index < -0.39 is 11.9 Å². The van der Waals surface area contributed by atoms with Gasteiger partial charge >= 0.3 is 0 Å². The van der Waals surface area contributed by atoms with E-state index in [1.54, 1.807) is 48.9 Å². The summed E-state index contributed by atoms with van der Waals surface area (Å²) in [5.41, 5.74) is 1.58. The molecular weight excluding hydrogens is 465 g/mol. The van der Waals surface area contributed by atoms with Crippen molar-refractivity contribution in [3.05, 3.63) is 70.3 Å². The van der Waals surface area contributed by atoms with Crippen LogP contribution in [0.5, 0.6) is 0 Å². The van der Waals surface area contributed by atoms with Crippen LogP contribution in [0.4, 0.5) is 10.1 Å². The van der Waals surface area contributed by atoms with Crippen molar-refractivity contribution in [1.29, 1.82) is 0 Å². The summed E-state index contributed by atoms with van der Waals surface area (Å²) in [5.74, 6) is -0.349. The maximum Gasteiger partial charge on any atom is 0.253 e. The van der Waals surface area contributed by atoms with Crippen LogP contribution in [0.15, 0.2) is 47.6 Å². The standard InChI is InChI=1S/C23H25ClFN5O2S/c1-13(2)20(27-22(32)16-7-5-6-8-17(16)24)21-28-29-23(30(21)4)33-12-19(31)26-18-11-15(25)10-9-14(18)3/h5-11,13,20H,12H2,1-4H3,(H,26,31)(H,27,32)/t20-/m0/s1. The normalized spacial score (nSPS) is 12.0. The van der Waals surface area contributed by atoms with Gasteiger partial charge in [0, 0.05) is 12.7 Å². The zero-order valence-electron chi connectivity index (χ0n) is 18.7. The molecule has 0 fully saturated rings. The monoisotopic (exact) mass is 489 g/mol. The van der Waals surface area contributed by atoms with Crippen LogP contribution in [0.3, 0.4) is 0 Å². The molecule has 33 heavy (non-hydrogen) atoms. The van der Waals surface area contributed by atoms with Crippen LogP contribution >= 0.6 is 23.4 Å². The number of aromatic nitrogens is 3. The van der Waals surface area contributed by atoms with Gasteiger partial charge in [-0.2, -0.15) is 0 Å². The quantitative estimate of drug-likeness (QED) is 0.445. The highest BCUT2D eigenvalue weighted by molar-refractivity contribution is 7.99. The van der Waals surface area contributed by atoms with E-state index in [0.29, 0.717) is 27.3 Å². The van der Waals surface area contributed by atoms with E-state index in [1.165, 1.54) is 23.9 Å². The van der Waals surface area contributed by atoms with Crippen molar-refractivity contribution in [2.45, 2.75) is 32.0 Å². The lowest BCUT2D eigenvalue weighted by Crippen LogP contribution is -2.33. The van der Waals surface area contributed by atoms with E-state index in [2.05, 4.69) is 20.8 Å². The zero-order chi connectivity index (χ0) is 24.1. The maximum absolute atomic E-state index is 13.5. The maximum atomic E-state index is 13.5. The summed E-state index contributed by atoms with van der Waals surface area (Å²) in [6.07, 6.45) is 0. The Morgan fingerprint density at radius 3 is 2.61 bits per heavy atom. The molecule has 0 spiro atoms. The minimum Gasteiger partial charge on any atom is -0.342 e. The van der Waals surface area contributed by atoms with Gasteiger partial charge in [-0.1, -0.05) is 55.4 Å². The molecule has 1 heterocycles. The molecule has 0 aliphatic rings. The summed E-state index contributed by atoms with van der Waals surface area (Å²) in [5, 5.41) is 15.0. The number of carbonyl (C=O) groups excluding carboxylic acids is 2. The number of rotatable bonds is 8. The SMILES string of the molecule is Cc1ccc(F)cc1NC(=O)CSc1nnc([C@@H](NC(=O)c2ccccc2Cl)C(C)C)n1C. The lowest BCUT2D eigenvalue weighted by Gasteiger charge is -2.22. The molecule has 1 aromatic heterocycles. The molecule has 1 atom stereocenters. The molecule has 2 N–H and O–H groups in total. The van der Waals surface area contributed by atoms with Crippen LogP contribution in [0.25, 0.3) is 0 Å². The number of benzene rings is 2.